The van der Waals surface area contributed by atoms with Crippen molar-refractivity contribution in [3.8, 4) is 0 Å². The summed E-state index contributed by atoms with van der Waals surface area (Å²) in [7, 11) is 3.80. The van der Waals surface area contributed by atoms with Crippen LogP contribution in [0.2, 0.25) is 0 Å². The van der Waals surface area contributed by atoms with Crippen molar-refractivity contribution in [3.63, 3.8) is 0 Å². The summed E-state index contributed by atoms with van der Waals surface area (Å²) in [6, 6.07) is 2.05. The smallest absolute Gasteiger partial charge is 0.194 e. The highest BCUT2D eigenvalue weighted by Gasteiger charge is 2.10. The molecule has 0 aliphatic carbocycles. The van der Waals surface area contributed by atoms with E-state index < -0.39 is 0 Å². The van der Waals surface area contributed by atoms with E-state index in [1.165, 1.54) is 0 Å². The van der Waals surface area contributed by atoms with Crippen LogP contribution in [0.5, 0.6) is 0 Å². The van der Waals surface area contributed by atoms with E-state index in [0.29, 0.717) is 6.54 Å². The third-order valence-electron chi connectivity index (χ3n) is 3.22. The highest BCUT2D eigenvalue weighted by atomic mass is 32.1. The van der Waals surface area contributed by atoms with Crippen LogP contribution in [0.15, 0.2) is 20.9 Å². The van der Waals surface area contributed by atoms with Crippen LogP contribution in [0, 0.1) is 20.8 Å². The standard InChI is InChI=1S/C15H22N4OS/c1-10-6-13(11(2)20-10)7-17-15(16-4)19(5)8-14-9-21-12(3)18-14/h6,9H,7-8H2,1-5H3,(H,16,17). The number of aryl methyl sites for hydroxylation is 3. The fraction of sp³-hybridized carbons (Fsp3) is 0.467. The van der Waals surface area contributed by atoms with E-state index in [1.807, 2.05) is 27.8 Å². The summed E-state index contributed by atoms with van der Waals surface area (Å²) >= 11 is 1.67. The molecule has 0 bridgehead atoms. The molecule has 0 atom stereocenters. The Morgan fingerprint density at radius 2 is 2.19 bits per heavy atom. The molecular weight excluding hydrogens is 284 g/mol. The average Bonchev–Trinajstić information content (AvgIpc) is 2.96. The lowest BCUT2D eigenvalue weighted by Gasteiger charge is -2.21. The van der Waals surface area contributed by atoms with Gasteiger partial charge in [-0.1, -0.05) is 0 Å². The Morgan fingerprint density at radius 3 is 2.71 bits per heavy atom. The third-order valence-corrected chi connectivity index (χ3v) is 4.04. The Morgan fingerprint density at radius 1 is 1.43 bits per heavy atom. The molecular formula is C15H22N4OS. The molecule has 6 heteroatoms. The lowest BCUT2D eigenvalue weighted by Crippen LogP contribution is -2.38. The Hall–Kier alpha value is -1.82. The van der Waals surface area contributed by atoms with Gasteiger partial charge in [0.25, 0.3) is 0 Å². The molecule has 1 N–H and O–H groups in total. The summed E-state index contributed by atoms with van der Waals surface area (Å²) in [4.78, 5) is 10.9. The minimum Gasteiger partial charge on any atom is -0.466 e. The second-order valence-electron chi connectivity index (χ2n) is 5.05. The number of hydrogen-bond donors (Lipinski definition) is 1. The van der Waals surface area contributed by atoms with Gasteiger partial charge in [0.1, 0.15) is 11.5 Å². The van der Waals surface area contributed by atoms with E-state index in [0.717, 1.165) is 40.3 Å². The maximum Gasteiger partial charge on any atom is 0.194 e. The first-order valence-corrected chi connectivity index (χ1v) is 7.76. The van der Waals surface area contributed by atoms with Gasteiger partial charge in [-0.3, -0.25) is 4.99 Å². The first-order valence-electron chi connectivity index (χ1n) is 6.88. The summed E-state index contributed by atoms with van der Waals surface area (Å²) in [5.41, 5.74) is 2.23. The zero-order valence-electron chi connectivity index (χ0n) is 13.2. The highest BCUT2D eigenvalue weighted by Crippen LogP contribution is 2.13. The summed E-state index contributed by atoms with van der Waals surface area (Å²) in [6.45, 7) is 7.41. The Labute approximate surface area is 129 Å². The molecule has 21 heavy (non-hydrogen) atoms. The lowest BCUT2D eigenvalue weighted by atomic mass is 10.2. The fourth-order valence-electron chi connectivity index (χ4n) is 2.22. The molecule has 0 saturated heterocycles. The first kappa shape index (κ1) is 15.6. The minimum absolute atomic E-state index is 0.705. The third kappa shape index (κ3) is 4.07. The van der Waals surface area contributed by atoms with E-state index in [1.54, 1.807) is 18.4 Å². The van der Waals surface area contributed by atoms with Gasteiger partial charge in [-0.25, -0.2) is 4.98 Å². The SMILES string of the molecule is CN=C(NCc1cc(C)oc1C)N(C)Cc1csc(C)n1. The molecule has 0 aliphatic heterocycles. The van der Waals surface area contributed by atoms with Gasteiger partial charge in [-0.15, -0.1) is 11.3 Å². The van der Waals surface area contributed by atoms with Crippen molar-refractivity contribution in [2.24, 2.45) is 4.99 Å². The van der Waals surface area contributed by atoms with Gasteiger partial charge >= 0.3 is 0 Å². The maximum atomic E-state index is 5.54. The number of nitrogens with zero attached hydrogens (tertiary/aromatic N) is 3. The first-order chi connectivity index (χ1) is 9.99. The monoisotopic (exact) mass is 306 g/mol. The molecule has 5 nitrogen and oxygen atoms in total. The second kappa shape index (κ2) is 6.76. The van der Waals surface area contributed by atoms with Crippen LogP contribution in [0.25, 0.3) is 0 Å². The minimum atomic E-state index is 0.705. The summed E-state index contributed by atoms with van der Waals surface area (Å²) in [5, 5.41) is 6.53. The normalized spacial score (nSPS) is 11.8. The van der Waals surface area contributed by atoms with Crippen molar-refractivity contribution in [1.29, 1.82) is 0 Å². The van der Waals surface area contributed by atoms with Gasteiger partial charge in [-0.2, -0.15) is 0 Å². The fourth-order valence-corrected chi connectivity index (χ4v) is 2.82. The molecule has 0 aromatic carbocycles. The summed E-state index contributed by atoms with van der Waals surface area (Å²) in [5.74, 6) is 2.73. The van der Waals surface area contributed by atoms with Crippen molar-refractivity contribution < 1.29 is 4.42 Å². The van der Waals surface area contributed by atoms with Gasteiger partial charge in [0.05, 0.1) is 17.2 Å². The molecule has 0 saturated carbocycles. The highest BCUT2D eigenvalue weighted by molar-refractivity contribution is 7.09. The Bertz CT molecular complexity index is 629. The van der Waals surface area contributed by atoms with Gasteiger partial charge in [-0.05, 0) is 26.8 Å². The van der Waals surface area contributed by atoms with E-state index in [4.69, 9.17) is 4.42 Å². The van der Waals surface area contributed by atoms with Crippen LogP contribution in [0.4, 0.5) is 0 Å². The molecule has 2 aromatic rings. The molecule has 114 valence electrons. The number of nitrogens with one attached hydrogen (secondary N) is 1. The van der Waals surface area contributed by atoms with Gasteiger partial charge in [0.15, 0.2) is 5.96 Å². The number of furan rings is 1. The lowest BCUT2D eigenvalue weighted by molar-refractivity contribution is 0.469. The van der Waals surface area contributed by atoms with Crippen LogP contribution in [-0.2, 0) is 13.1 Å². The van der Waals surface area contributed by atoms with Crippen LogP contribution in [0.1, 0.15) is 27.8 Å². The average molecular weight is 306 g/mol. The van der Waals surface area contributed by atoms with Gasteiger partial charge in [0, 0.05) is 31.6 Å². The number of guanidine groups is 1. The van der Waals surface area contributed by atoms with Crippen molar-refractivity contribution in [2.45, 2.75) is 33.9 Å². The summed E-state index contributed by atoms with van der Waals surface area (Å²) in [6.07, 6.45) is 0. The topological polar surface area (TPSA) is 53.7 Å². The summed E-state index contributed by atoms with van der Waals surface area (Å²) < 4.78 is 5.54. The quantitative estimate of drug-likeness (QED) is 0.697. The molecule has 0 radical (unpaired) electrons. The van der Waals surface area contributed by atoms with Gasteiger partial charge in [0.2, 0.25) is 0 Å². The predicted octanol–water partition coefficient (Wildman–Crippen LogP) is 2.87. The van der Waals surface area contributed by atoms with E-state index in [-0.39, 0.29) is 0 Å². The largest absolute Gasteiger partial charge is 0.466 e. The van der Waals surface area contributed by atoms with Crippen LogP contribution >= 0.6 is 11.3 Å². The second-order valence-corrected chi connectivity index (χ2v) is 6.12. The van der Waals surface area contributed by atoms with Crippen molar-refractivity contribution >= 4 is 17.3 Å². The van der Waals surface area contributed by atoms with Crippen molar-refractivity contribution in [2.75, 3.05) is 14.1 Å². The van der Waals surface area contributed by atoms with E-state index in [9.17, 15) is 0 Å². The molecule has 0 fully saturated rings. The van der Waals surface area contributed by atoms with Crippen molar-refractivity contribution in [3.05, 3.63) is 39.2 Å². The molecule has 2 rings (SSSR count). The maximum absolute atomic E-state index is 5.54. The van der Waals surface area contributed by atoms with Gasteiger partial charge < -0.3 is 14.6 Å². The molecule has 0 spiro atoms. The number of aliphatic imine (C=N–C) groups is 1. The zero-order valence-corrected chi connectivity index (χ0v) is 14.0. The molecule has 0 aliphatic rings. The van der Waals surface area contributed by atoms with Crippen molar-refractivity contribution in [1.82, 2.24) is 15.2 Å². The molecule has 2 aromatic heterocycles. The molecule has 2 heterocycles. The van der Waals surface area contributed by atoms with Crippen LogP contribution in [0.3, 0.4) is 0 Å². The molecule has 0 unspecified atom stereocenters. The number of aromatic nitrogens is 1. The van der Waals surface area contributed by atoms with E-state index >= 15 is 0 Å². The van der Waals surface area contributed by atoms with Crippen LogP contribution < -0.4 is 5.32 Å². The molecule has 0 amide bonds. The number of thiazole rings is 1. The van der Waals surface area contributed by atoms with Crippen LogP contribution in [-0.4, -0.2) is 29.9 Å². The Kier molecular flexibility index (Phi) is 5.01. The number of hydrogen-bond acceptors (Lipinski definition) is 4. The Balaban J connectivity index is 1.95. The number of rotatable bonds is 4. The van der Waals surface area contributed by atoms with E-state index in [2.05, 4.69) is 31.6 Å². The predicted molar refractivity (Wildman–Crippen MR) is 86.7 cm³/mol. The zero-order chi connectivity index (χ0) is 15.4.